The lowest BCUT2D eigenvalue weighted by molar-refractivity contribution is 0.270. The first-order chi connectivity index (χ1) is 10.7. The molecular weight excluding hydrogens is 316 g/mol. The Labute approximate surface area is 137 Å². The topological polar surface area (TPSA) is 63.0 Å². The number of thiazole rings is 1. The van der Waals surface area contributed by atoms with Gasteiger partial charge in [-0.15, -0.1) is 11.3 Å². The van der Waals surface area contributed by atoms with Crippen LogP contribution in [0.4, 0.5) is 5.82 Å². The SMILES string of the molecule is Cc1nn(CCO)c(NCc2cnc(-c3ccsc3)s2)c1C. The molecule has 22 heavy (non-hydrogen) atoms. The van der Waals surface area contributed by atoms with Crippen LogP contribution in [-0.4, -0.2) is 26.5 Å². The van der Waals surface area contributed by atoms with Crippen molar-refractivity contribution in [1.82, 2.24) is 14.8 Å². The molecule has 7 heteroatoms. The summed E-state index contributed by atoms with van der Waals surface area (Å²) in [5, 5.41) is 22.2. The first-order valence-corrected chi connectivity index (χ1v) is 8.81. The molecular formula is C15H18N4OS2. The summed E-state index contributed by atoms with van der Waals surface area (Å²) in [6.07, 6.45) is 1.92. The second-order valence-corrected chi connectivity index (χ2v) is 6.90. The third-order valence-corrected chi connectivity index (χ3v) is 5.22. The van der Waals surface area contributed by atoms with Crippen molar-refractivity contribution in [2.24, 2.45) is 0 Å². The summed E-state index contributed by atoms with van der Waals surface area (Å²) in [5.41, 5.74) is 3.29. The smallest absolute Gasteiger partial charge is 0.127 e. The van der Waals surface area contributed by atoms with Gasteiger partial charge in [0.2, 0.25) is 0 Å². The van der Waals surface area contributed by atoms with E-state index in [4.69, 9.17) is 5.11 Å². The Morgan fingerprint density at radius 1 is 1.36 bits per heavy atom. The fraction of sp³-hybridized carbons (Fsp3) is 0.333. The van der Waals surface area contributed by atoms with Crippen molar-refractivity contribution in [2.75, 3.05) is 11.9 Å². The third kappa shape index (κ3) is 3.06. The van der Waals surface area contributed by atoms with Gasteiger partial charge in [0.25, 0.3) is 0 Å². The lowest BCUT2D eigenvalue weighted by Gasteiger charge is -2.08. The highest BCUT2D eigenvalue weighted by Crippen LogP contribution is 2.28. The summed E-state index contributed by atoms with van der Waals surface area (Å²) in [7, 11) is 0. The highest BCUT2D eigenvalue weighted by Gasteiger charge is 2.12. The molecule has 0 aliphatic rings. The van der Waals surface area contributed by atoms with Crippen LogP contribution < -0.4 is 5.32 Å². The number of aromatic nitrogens is 3. The van der Waals surface area contributed by atoms with Gasteiger partial charge in [0, 0.05) is 27.6 Å². The van der Waals surface area contributed by atoms with E-state index < -0.39 is 0 Å². The van der Waals surface area contributed by atoms with Crippen LogP contribution in [0.15, 0.2) is 23.0 Å². The first-order valence-electron chi connectivity index (χ1n) is 7.05. The van der Waals surface area contributed by atoms with E-state index in [0.717, 1.165) is 22.1 Å². The highest BCUT2D eigenvalue weighted by atomic mass is 32.1. The summed E-state index contributed by atoms with van der Waals surface area (Å²) >= 11 is 3.38. The molecule has 0 aromatic carbocycles. The monoisotopic (exact) mass is 334 g/mol. The Hall–Kier alpha value is -1.70. The molecule has 2 N–H and O–H groups in total. The highest BCUT2D eigenvalue weighted by molar-refractivity contribution is 7.15. The van der Waals surface area contributed by atoms with E-state index in [2.05, 4.69) is 32.2 Å². The number of hydrogen-bond acceptors (Lipinski definition) is 6. The summed E-state index contributed by atoms with van der Waals surface area (Å²) in [5.74, 6) is 0.969. The maximum atomic E-state index is 9.14. The Morgan fingerprint density at radius 3 is 2.95 bits per heavy atom. The Bertz CT molecular complexity index is 746. The molecule has 0 saturated carbocycles. The number of thiophene rings is 1. The molecule has 0 bridgehead atoms. The van der Waals surface area contributed by atoms with Crippen LogP contribution in [0.1, 0.15) is 16.1 Å². The second kappa shape index (κ2) is 6.60. The molecule has 0 aliphatic heterocycles. The van der Waals surface area contributed by atoms with Gasteiger partial charge in [0.1, 0.15) is 10.8 Å². The van der Waals surface area contributed by atoms with E-state index in [1.807, 2.05) is 24.7 Å². The minimum Gasteiger partial charge on any atom is -0.394 e. The maximum absolute atomic E-state index is 9.14. The third-order valence-electron chi connectivity index (χ3n) is 3.49. The average molecular weight is 334 g/mol. The molecule has 0 spiro atoms. The largest absolute Gasteiger partial charge is 0.394 e. The fourth-order valence-electron chi connectivity index (χ4n) is 2.23. The van der Waals surface area contributed by atoms with Gasteiger partial charge in [-0.25, -0.2) is 9.67 Å². The Morgan fingerprint density at radius 2 is 2.23 bits per heavy atom. The molecule has 3 heterocycles. The van der Waals surface area contributed by atoms with E-state index in [1.54, 1.807) is 22.7 Å². The molecule has 3 rings (SSSR count). The molecule has 3 aromatic heterocycles. The van der Waals surface area contributed by atoms with Gasteiger partial charge in [0.05, 0.1) is 25.4 Å². The zero-order chi connectivity index (χ0) is 15.5. The van der Waals surface area contributed by atoms with Crippen LogP contribution in [0, 0.1) is 13.8 Å². The molecule has 0 fully saturated rings. The summed E-state index contributed by atoms with van der Waals surface area (Å²) in [6.45, 7) is 5.31. The van der Waals surface area contributed by atoms with E-state index in [0.29, 0.717) is 13.1 Å². The summed E-state index contributed by atoms with van der Waals surface area (Å²) in [4.78, 5) is 5.66. The maximum Gasteiger partial charge on any atom is 0.127 e. The average Bonchev–Trinajstić information content (AvgIpc) is 3.21. The molecule has 116 valence electrons. The quantitative estimate of drug-likeness (QED) is 0.726. The van der Waals surface area contributed by atoms with E-state index in [-0.39, 0.29) is 6.61 Å². The van der Waals surface area contributed by atoms with Gasteiger partial charge in [-0.1, -0.05) is 0 Å². The number of hydrogen-bond donors (Lipinski definition) is 2. The van der Waals surface area contributed by atoms with Crippen LogP contribution in [-0.2, 0) is 13.1 Å². The van der Waals surface area contributed by atoms with Crippen molar-refractivity contribution in [1.29, 1.82) is 0 Å². The van der Waals surface area contributed by atoms with E-state index >= 15 is 0 Å². The zero-order valence-electron chi connectivity index (χ0n) is 12.5. The lowest BCUT2D eigenvalue weighted by atomic mass is 10.3. The Balaban J connectivity index is 1.73. The zero-order valence-corrected chi connectivity index (χ0v) is 14.2. The van der Waals surface area contributed by atoms with Gasteiger partial charge < -0.3 is 10.4 Å². The molecule has 0 unspecified atom stereocenters. The van der Waals surface area contributed by atoms with Crippen LogP contribution >= 0.6 is 22.7 Å². The lowest BCUT2D eigenvalue weighted by Crippen LogP contribution is -2.10. The second-order valence-electron chi connectivity index (χ2n) is 5.00. The van der Waals surface area contributed by atoms with Crippen LogP contribution in [0.3, 0.4) is 0 Å². The van der Waals surface area contributed by atoms with Crippen LogP contribution in [0.2, 0.25) is 0 Å². The first kappa shape index (κ1) is 15.2. The fourth-order valence-corrected chi connectivity index (χ4v) is 3.79. The molecule has 5 nitrogen and oxygen atoms in total. The molecule has 0 aliphatic carbocycles. The van der Waals surface area contributed by atoms with Crippen molar-refractivity contribution < 1.29 is 5.11 Å². The number of aryl methyl sites for hydroxylation is 1. The van der Waals surface area contributed by atoms with Gasteiger partial charge in [0.15, 0.2) is 0 Å². The minimum absolute atomic E-state index is 0.0815. The number of nitrogens with zero attached hydrogens (tertiary/aromatic N) is 3. The van der Waals surface area contributed by atoms with Crippen molar-refractivity contribution in [3.63, 3.8) is 0 Å². The van der Waals surface area contributed by atoms with Gasteiger partial charge in [-0.05, 0) is 25.3 Å². The molecule has 0 radical (unpaired) electrons. The predicted octanol–water partition coefficient (Wildman–Crippen LogP) is 3.29. The van der Waals surface area contributed by atoms with E-state index in [1.165, 1.54) is 10.4 Å². The van der Waals surface area contributed by atoms with Crippen molar-refractivity contribution >= 4 is 28.5 Å². The summed E-state index contributed by atoms with van der Waals surface area (Å²) < 4.78 is 1.82. The van der Waals surface area contributed by atoms with Gasteiger partial charge >= 0.3 is 0 Å². The minimum atomic E-state index is 0.0815. The van der Waals surface area contributed by atoms with Gasteiger partial charge in [-0.2, -0.15) is 16.4 Å². The van der Waals surface area contributed by atoms with Crippen LogP contribution in [0.25, 0.3) is 10.6 Å². The van der Waals surface area contributed by atoms with Crippen molar-refractivity contribution in [3.8, 4) is 10.6 Å². The number of nitrogens with one attached hydrogen (secondary N) is 1. The van der Waals surface area contributed by atoms with E-state index in [9.17, 15) is 0 Å². The normalized spacial score (nSPS) is 11.0. The van der Waals surface area contributed by atoms with Crippen molar-refractivity contribution in [2.45, 2.75) is 26.9 Å². The number of aliphatic hydroxyl groups excluding tert-OH is 1. The number of aliphatic hydroxyl groups is 1. The van der Waals surface area contributed by atoms with Crippen LogP contribution in [0.5, 0.6) is 0 Å². The van der Waals surface area contributed by atoms with Crippen molar-refractivity contribution in [3.05, 3.63) is 39.2 Å². The Kier molecular flexibility index (Phi) is 4.56. The summed E-state index contributed by atoms with van der Waals surface area (Å²) in [6, 6.07) is 2.09. The van der Waals surface area contributed by atoms with Gasteiger partial charge in [-0.3, -0.25) is 0 Å². The molecule has 0 atom stereocenters. The number of rotatable bonds is 6. The standard InChI is InChI=1S/C15H18N4OS2/c1-10-11(2)18-19(4-5-20)14(10)16-7-13-8-17-15(22-13)12-3-6-21-9-12/h3,6,8-9,16,20H,4-5,7H2,1-2H3. The molecule has 3 aromatic rings. The molecule has 0 saturated heterocycles. The number of anilines is 1. The molecule has 0 amide bonds. The predicted molar refractivity (Wildman–Crippen MR) is 91.5 cm³/mol.